The van der Waals surface area contributed by atoms with E-state index < -0.39 is 0 Å². The fraction of sp³-hybridized carbons (Fsp3) is 0.375. The van der Waals surface area contributed by atoms with Gasteiger partial charge in [-0.25, -0.2) is 4.98 Å². The van der Waals surface area contributed by atoms with Crippen molar-refractivity contribution in [3.63, 3.8) is 0 Å². The number of thiazole rings is 1. The lowest BCUT2D eigenvalue weighted by atomic mass is 10.2. The van der Waals surface area contributed by atoms with Gasteiger partial charge in [0, 0.05) is 27.6 Å². The minimum absolute atomic E-state index is 0.00368. The number of hydrogen-bond acceptors (Lipinski definition) is 4. The summed E-state index contributed by atoms with van der Waals surface area (Å²) in [6.45, 7) is 6.09. The Morgan fingerprint density at radius 2 is 2.10 bits per heavy atom. The first-order valence-electron chi connectivity index (χ1n) is 7.03. The van der Waals surface area contributed by atoms with E-state index in [0.29, 0.717) is 5.56 Å². The van der Waals surface area contributed by atoms with E-state index in [1.165, 1.54) is 0 Å². The molecule has 0 aliphatic carbocycles. The molecule has 5 heteroatoms. The molecule has 1 N–H and O–H groups in total. The molecular weight excluding hydrogens is 300 g/mol. The molecule has 0 saturated heterocycles. The number of aryl methyl sites for hydroxylation is 1. The van der Waals surface area contributed by atoms with Crippen molar-refractivity contribution in [1.82, 2.24) is 10.3 Å². The van der Waals surface area contributed by atoms with Crippen LogP contribution < -0.4 is 5.32 Å². The first-order chi connectivity index (χ1) is 10.1. The molecule has 1 atom stereocenters. The van der Waals surface area contributed by atoms with Crippen molar-refractivity contribution in [1.29, 1.82) is 0 Å². The van der Waals surface area contributed by atoms with Crippen LogP contribution in [-0.4, -0.2) is 16.9 Å². The molecule has 0 aliphatic heterocycles. The predicted octanol–water partition coefficient (Wildman–Crippen LogP) is 4.27. The van der Waals surface area contributed by atoms with Crippen LogP contribution in [0.1, 0.15) is 41.3 Å². The van der Waals surface area contributed by atoms with Gasteiger partial charge in [0.15, 0.2) is 0 Å². The second kappa shape index (κ2) is 7.61. The van der Waals surface area contributed by atoms with E-state index in [9.17, 15) is 4.79 Å². The van der Waals surface area contributed by atoms with Crippen molar-refractivity contribution in [3.05, 3.63) is 45.9 Å². The van der Waals surface area contributed by atoms with Gasteiger partial charge in [0.1, 0.15) is 0 Å². The van der Waals surface area contributed by atoms with Gasteiger partial charge < -0.3 is 5.32 Å². The SMILES string of the molecule is CCC(C)NC(=O)c1ccc(SCc2csc(C)n2)cc1. The first-order valence-corrected chi connectivity index (χ1v) is 8.89. The van der Waals surface area contributed by atoms with Gasteiger partial charge in [0.2, 0.25) is 0 Å². The quantitative estimate of drug-likeness (QED) is 0.808. The summed E-state index contributed by atoms with van der Waals surface area (Å²) in [4.78, 5) is 17.6. The molecule has 3 nitrogen and oxygen atoms in total. The van der Waals surface area contributed by atoms with Gasteiger partial charge in [-0.2, -0.15) is 0 Å². The lowest BCUT2D eigenvalue weighted by molar-refractivity contribution is 0.0939. The topological polar surface area (TPSA) is 42.0 Å². The summed E-state index contributed by atoms with van der Waals surface area (Å²) in [5, 5.41) is 6.16. The van der Waals surface area contributed by atoms with Crippen molar-refractivity contribution in [3.8, 4) is 0 Å². The van der Waals surface area contributed by atoms with Crippen molar-refractivity contribution in [2.45, 2.75) is 43.9 Å². The fourth-order valence-corrected chi connectivity index (χ4v) is 3.25. The third-order valence-electron chi connectivity index (χ3n) is 3.16. The van der Waals surface area contributed by atoms with Crippen LogP contribution in [-0.2, 0) is 5.75 Å². The van der Waals surface area contributed by atoms with Crippen LogP contribution in [0.15, 0.2) is 34.5 Å². The summed E-state index contributed by atoms with van der Waals surface area (Å²) in [5.74, 6) is 0.860. The van der Waals surface area contributed by atoms with Crippen molar-refractivity contribution in [2.75, 3.05) is 0 Å². The number of carbonyl (C=O) groups excluding carboxylic acids is 1. The van der Waals surface area contributed by atoms with Gasteiger partial charge in [-0.15, -0.1) is 23.1 Å². The lowest BCUT2D eigenvalue weighted by Gasteiger charge is -2.11. The maximum absolute atomic E-state index is 12.0. The van der Waals surface area contributed by atoms with Gasteiger partial charge in [-0.1, -0.05) is 6.92 Å². The molecule has 1 aromatic carbocycles. The van der Waals surface area contributed by atoms with E-state index in [2.05, 4.69) is 22.6 Å². The number of aromatic nitrogens is 1. The molecule has 0 radical (unpaired) electrons. The predicted molar refractivity (Wildman–Crippen MR) is 90.1 cm³/mol. The van der Waals surface area contributed by atoms with Gasteiger partial charge in [-0.05, 0) is 44.5 Å². The van der Waals surface area contributed by atoms with Gasteiger partial charge >= 0.3 is 0 Å². The molecule has 112 valence electrons. The lowest BCUT2D eigenvalue weighted by Crippen LogP contribution is -2.31. The average molecular weight is 320 g/mol. The largest absolute Gasteiger partial charge is 0.350 e. The minimum Gasteiger partial charge on any atom is -0.350 e. The number of thioether (sulfide) groups is 1. The number of nitrogens with one attached hydrogen (secondary N) is 1. The number of nitrogens with zero attached hydrogens (tertiary/aromatic N) is 1. The summed E-state index contributed by atoms with van der Waals surface area (Å²) >= 11 is 3.41. The van der Waals surface area contributed by atoms with Crippen LogP contribution in [0.2, 0.25) is 0 Å². The van der Waals surface area contributed by atoms with Gasteiger partial charge in [-0.3, -0.25) is 4.79 Å². The molecule has 21 heavy (non-hydrogen) atoms. The summed E-state index contributed by atoms with van der Waals surface area (Å²) in [7, 11) is 0. The highest BCUT2D eigenvalue weighted by atomic mass is 32.2. The maximum Gasteiger partial charge on any atom is 0.251 e. The van der Waals surface area contributed by atoms with E-state index in [1.54, 1.807) is 23.1 Å². The molecule has 1 amide bonds. The van der Waals surface area contributed by atoms with E-state index in [-0.39, 0.29) is 11.9 Å². The average Bonchev–Trinajstić information content (AvgIpc) is 2.91. The Morgan fingerprint density at radius 3 is 2.67 bits per heavy atom. The molecule has 0 spiro atoms. The Hall–Kier alpha value is -1.33. The molecule has 1 heterocycles. The molecule has 1 unspecified atom stereocenters. The summed E-state index contributed by atoms with van der Waals surface area (Å²) in [6.07, 6.45) is 0.937. The van der Waals surface area contributed by atoms with Crippen LogP contribution in [0.4, 0.5) is 0 Å². The number of hydrogen-bond donors (Lipinski definition) is 1. The van der Waals surface area contributed by atoms with Crippen LogP contribution in [0.25, 0.3) is 0 Å². The van der Waals surface area contributed by atoms with Gasteiger partial charge in [0.05, 0.1) is 10.7 Å². The number of benzene rings is 1. The van der Waals surface area contributed by atoms with Crippen LogP contribution in [0, 0.1) is 6.92 Å². The highest BCUT2D eigenvalue weighted by Crippen LogP contribution is 2.23. The van der Waals surface area contributed by atoms with Gasteiger partial charge in [0.25, 0.3) is 5.91 Å². The van der Waals surface area contributed by atoms with Crippen LogP contribution in [0.5, 0.6) is 0 Å². The second-order valence-corrected chi connectivity index (χ2v) is 7.06. The monoisotopic (exact) mass is 320 g/mol. The molecule has 0 bridgehead atoms. The summed E-state index contributed by atoms with van der Waals surface area (Å²) in [5.41, 5.74) is 1.82. The zero-order valence-corrected chi connectivity index (χ0v) is 14.2. The molecule has 0 aliphatic rings. The standard InChI is InChI=1S/C16H20N2OS2/c1-4-11(2)17-16(19)13-5-7-15(8-6-13)21-10-14-9-20-12(3)18-14/h5-9,11H,4,10H2,1-3H3,(H,17,19). The first kappa shape index (κ1) is 16.0. The molecule has 0 fully saturated rings. The third-order valence-corrected chi connectivity index (χ3v) is 5.03. The number of carbonyl (C=O) groups is 1. The smallest absolute Gasteiger partial charge is 0.251 e. The number of amides is 1. The Balaban J connectivity index is 1.91. The second-order valence-electron chi connectivity index (χ2n) is 4.95. The molecule has 1 aromatic heterocycles. The molecule has 2 rings (SSSR count). The van der Waals surface area contributed by atoms with E-state index in [4.69, 9.17) is 0 Å². The minimum atomic E-state index is -0.00368. The maximum atomic E-state index is 12.0. The Bertz CT molecular complexity index is 593. The van der Waals surface area contributed by atoms with Crippen molar-refractivity contribution < 1.29 is 4.79 Å². The van der Waals surface area contributed by atoms with E-state index in [1.807, 2.05) is 38.1 Å². The summed E-state index contributed by atoms with van der Waals surface area (Å²) in [6, 6.07) is 7.96. The summed E-state index contributed by atoms with van der Waals surface area (Å²) < 4.78 is 0. The zero-order valence-electron chi connectivity index (χ0n) is 12.6. The Morgan fingerprint density at radius 1 is 1.38 bits per heavy atom. The highest BCUT2D eigenvalue weighted by molar-refractivity contribution is 7.98. The fourth-order valence-electron chi connectivity index (χ4n) is 1.74. The highest BCUT2D eigenvalue weighted by Gasteiger charge is 2.08. The molecule has 2 aromatic rings. The third kappa shape index (κ3) is 4.86. The van der Waals surface area contributed by atoms with Crippen molar-refractivity contribution >= 4 is 29.0 Å². The Kier molecular flexibility index (Phi) is 5.82. The van der Waals surface area contributed by atoms with Crippen molar-refractivity contribution in [2.24, 2.45) is 0 Å². The molecular formula is C16H20N2OS2. The van der Waals surface area contributed by atoms with E-state index >= 15 is 0 Å². The van der Waals surface area contributed by atoms with E-state index in [0.717, 1.165) is 27.8 Å². The molecule has 0 saturated carbocycles. The number of rotatable bonds is 6. The zero-order chi connectivity index (χ0) is 15.2. The normalized spacial score (nSPS) is 12.1. The van der Waals surface area contributed by atoms with Crippen LogP contribution >= 0.6 is 23.1 Å². The Labute approximate surface area is 134 Å². The van der Waals surface area contributed by atoms with Crippen LogP contribution in [0.3, 0.4) is 0 Å².